The Morgan fingerprint density at radius 2 is 1.93 bits per heavy atom. The number of benzene rings is 1. The lowest BCUT2D eigenvalue weighted by atomic mass is 10.1. The van der Waals surface area contributed by atoms with Crippen LogP contribution in [0, 0.1) is 11.6 Å². The summed E-state index contributed by atoms with van der Waals surface area (Å²) in [5.74, 6) is -1.10. The van der Waals surface area contributed by atoms with Crippen LogP contribution in [0.1, 0.15) is 12.8 Å². The minimum Gasteiger partial charge on any atom is -0.354 e. The number of nitrogens with one attached hydrogen (secondary N) is 2. The van der Waals surface area contributed by atoms with Crippen molar-refractivity contribution in [2.24, 2.45) is 0 Å². The van der Waals surface area contributed by atoms with Gasteiger partial charge in [-0.1, -0.05) is 0 Å². The Labute approximate surface area is 166 Å². The molecule has 1 aromatic carbocycles. The second-order valence-corrected chi connectivity index (χ2v) is 8.54. The Kier molecular flexibility index (Phi) is 5.29. The van der Waals surface area contributed by atoms with Gasteiger partial charge in [-0.2, -0.15) is 5.10 Å². The Bertz CT molecular complexity index is 1100. The molecule has 1 aliphatic heterocycles. The van der Waals surface area contributed by atoms with E-state index in [9.17, 15) is 17.2 Å². The summed E-state index contributed by atoms with van der Waals surface area (Å²) in [4.78, 5) is 5.26. The lowest BCUT2D eigenvalue weighted by Gasteiger charge is -2.33. The predicted molar refractivity (Wildman–Crippen MR) is 104 cm³/mol. The van der Waals surface area contributed by atoms with Gasteiger partial charge in [-0.3, -0.25) is 10.1 Å². The van der Waals surface area contributed by atoms with E-state index < -0.39 is 32.6 Å². The largest absolute Gasteiger partial charge is 0.354 e. The van der Waals surface area contributed by atoms with Gasteiger partial charge in [0.15, 0.2) is 5.82 Å². The van der Waals surface area contributed by atoms with Crippen LogP contribution in [0.5, 0.6) is 0 Å². The Morgan fingerprint density at radius 3 is 2.72 bits per heavy atom. The highest BCUT2D eigenvalue weighted by Crippen LogP contribution is 2.24. The maximum absolute atomic E-state index is 13.9. The van der Waals surface area contributed by atoms with Gasteiger partial charge in [0, 0.05) is 43.2 Å². The summed E-state index contributed by atoms with van der Waals surface area (Å²) in [6.07, 6.45) is 4.70. The number of nitrogens with zero attached hydrogens (tertiary/aromatic N) is 3. The highest BCUT2D eigenvalue weighted by molar-refractivity contribution is 7.89. The van der Waals surface area contributed by atoms with Crippen molar-refractivity contribution >= 4 is 15.8 Å². The van der Waals surface area contributed by atoms with Gasteiger partial charge >= 0.3 is 0 Å². The second kappa shape index (κ2) is 7.88. The van der Waals surface area contributed by atoms with E-state index in [1.807, 2.05) is 23.1 Å². The van der Waals surface area contributed by atoms with E-state index >= 15 is 0 Å². The molecule has 1 saturated heterocycles. The molecule has 1 fully saturated rings. The fraction of sp³-hybridized carbons (Fsp3) is 0.263. The molecule has 1 unspecified atom stereocenters. The number of aromatic amines is 1. The highest BCUT2D eigenvalue weighted by atomic mass is 32.2. The van der Waals surface area contributed by atoms with Gasteiger partial charge in [-0.05, 0) is 43.2 Å². The first-order valence-corrected chi connectivity index (χ1v) is 10.6. The van der Waals surface area contributed by atoms with Crippen LogP contribution in [0.2, 0.25) is 0 Å². The summed E-state index contributed by atoms with van der Waals surface area (Å²) in [6, 6.07) is 7.54. The third-order valence-electron chi connectivity index (χ3n) is 4.81. The number of piperidine rings is 1. The van der Waals surface area contributed by atoms with Crippen LogP contribution in [0.15, 0.2) is 53.7 Å². The molecule has 0 radical (unpaired) electrons. The topological polar surface area (TPSA) is 91.0 Å². The van der Waals surface area contributed by atoms with Crippen LogP contribution < -0.4 is 9.62 Å². The Balaban J connectivity index is 1.49. The van der Waals surface area contributed by atoms with Gasteiger partial charge in [0.1, 0.15) is 16.5 Å². The van der Waals surface area contributed by atoms with Gasteiger partial charge in [0.2, 0.25) is 10.0 Å². The van der Waals surface area contributed by atoms with E-state index in [1.54, 1.807) is 12.4 Å². The molecule has 29 heavy (non-hydrogen) atoms. The van der Waals surface area contributed by atoms with Crippen LogP contribution in [-0.2, 0) is 10.0 Å². The fourth-order valence-electron chi connectivity index (χ4n) is 3.40. The predicted octanol–water partition coefficient (Wildman–Crippen LogP) is 2.70. The first-order chi connectivity index (χ1) is 13.9. The third-order valence-corrected chi connectivity index (χ3v) is 6.34. The number of hydrogen-bond donors (Lipinski definition) is 2. The number of halogens is 2. The number of hydrogen-bond acceptors (Lipinski definition) is 5. The normalized spacial score (nSPS) is 17.4. The van der Waals surface area contributed by atoms with E-state index in [1.165, 1.54) is 0 Å². The maximum Gasteiger partial charge on any atom is 0.243 e. The second-order valence-electron chi connectivity index (χ2n) is 6.86. The molecule has 0 spiro atoms. The molecule has 2 N–H and O–H groups in total. The number of sulfonamides is 1. The number of aromatic nitrogens is 3. The minimum absolute atomic E-state index is 0.372. The molecule has 0 aliphatic carbocycles. The van der Waals surface area contributed by atoms with Crippen molar-refractivity contribution < 1.29 is 17.2 Å². The number of anilines is 1. The van der Waals surface area contributed by atoms with Gasteiger partial charge in [0.25, 0.3) is 0 Å². The number of rotatable bonds is 5. The molecule has 0 amide bonds. The van der Waals surface area contributed by atoms with Gasteiger partial charge in [-0.15, -0.1) is 0 Å². The zero-order valence-corrected chi connectivity index (χ0v) is 16.2. The van der Waals surface area contributed by atoms with Crippen LogP contribution in [0.4, 0.5) is 14.6 Å². The molecule has 10 heteroatoms. The van der Waals surface area contributed by atoms with E-state index in [0.29, 0.717) is 31.4 Å². The molecular formula is C19H19F2N5O2S. The zero-order valence-electron chi connectivity index (χ0n) is 15.3. The fourth-order valence-corrected chi connectivity index (χ4v) is 4.75. The molecule has 3 aromatic rings. The molecule has 0 saturated carbocycles. The van der Waals surface area contributed by atoms with Crippen LogP contribution >= 0.6 is 0 Å². The molecule has 3 heterocycles. The van der Waals surface area contributed by atoms with Crippen LogP contribution in [0.3, 0.4) is 0 Å². The first kappa shape index (κ1) is 19.5. The van der Waals surface area contributed by atoms with Crippen molar-refractivity contribution in [3.63, 3.8) is 0 Å². The Morgan fingerprint density at radius 1 is 1.14 bits per heavy atom. The lowest BCUT2D eigenvalue weighted by Crippen LogP contribution is -2.48. The van der Waals surface area contributed by atoms with Crippen molar-refractivity contribution in [3.8, 4) is 11.3 Å². The molecule has 4 rings (SSSR count). The van der Waals surface area contributed by atoms with Crippen molar-refractivity contribution in [1.29, 1.82) is 0 Å². The summed E-state index contributed by atoms with van der Waals surface area (Å²) < 4.78 is 54.9. The van der Waals surface area contributed by atoms with Crippen molar-refractivity contribution in [3.05, 3.63) is 60.4 Å². The van der Waals surface area contributed by atoms with Gasteiger partial charge in [0.05, 0.1) is 5.69 Å². The SMILES string of the molecule is O=S(=O)(NC1CCCN(c2cc(-c3ccncc3)[nH]n2)C1)c1cc(F)ccc1F. The summed E-state index contributed by atoms with van der Waals surface area (Å²) >= 11 is 0. The average molecular weight is 419 g/mol. The van der Waals surface area contributed by atoms with E-state index in [2.05, 4.69) is 19.9 Å². The minimum atomic E-state index is -4.18. The van der Waals surface area contributed by atoms with Gasteiger partial charge < -0.3 is 4.90 Å². The van der Waals surface area contributed by atoms with Crippen LogP contribution in [-0.4, -0.2) is 42.7 Å². The summed E-state index contributed by atoms with van der Waals surface area (Å²) in [6.45, 7) is 1.09. The standard InChI is InChI=1S/C19H19F2N5O2S/c20-14-3-4-16(21)18(10-14)29(27,28)25-15-2-1-9-26(12-15)19-11-17(23-24-19)13-5-7-22-8-6-13/h3-8,10-11,15,25H,1-2,9,12H2,(H,23,24). The van der Waals surface area contributed by atoms with Gasteiger partial charge in [-0.25, -0.2) is 21.9 Å². The Hall–Kier alpha value is -2.85. The third kappa shape index (κ3) is 4.28. The quantitative estimate of drug-likeness (QED) is 0.664. The monoisotopic (exact) mass is 419 g/mol. The summed E-state index contributed by atoms with van der Waals surface area (Å²) in [5, 5.41) is 7.30. The lowest BCUT2D eigenvalue weighted by molar-refractivity contribution is 0.461. The molecular weight excluding hydrogens is 400 g/mol. The number of H-pyrrole nitrogens is 1. The zero-order chi connectivity index (χ0) is 20.4. The molecule has 7 nitrogen and oxygen atoms in total. The smallest absolute Gasteiger partial charge is 0.243 e. The molecule has 1 atom stereocenters. The van der Waals surface area contributed by atoms with E-state index in [4.69, 9.17) is 0 Å². The first-order valence-electron chi connectivity index (χ1n) is 9.10. The summed E-state index contributed by atoms with van der Waals surface area (Å²) in [5.41, 5.74) is 1.77. The maximum atomic E-state index is 13.9. The molecule has 1 aliphatic rings. The van der Waals surface area contributed by atoms with Crippen molar-refractivity contribution in [2.75, 3.05) is 18.0 Å². The van der Waals surface area contributed by atoms with Crippen molar-refractivity contribution in [1.82, 2.24) is 19.9 Å². The molecule has 0 bridgehead atoms. The van der Waals surface area contributed by atoms with Crippen molar-refractivity contribution in [2.45, 2.75) is 23.8 Å². The summed E-state index contributed by atoms with van der Waals surface area (Å²) in [7, 11) is -4.18. The molecule has 2 aromatic heterocycles. The highest BCUT2D eigenvalue weighted by Gasteiger charge is 2.28. The average Bonchev–Trinajstić information content (AvgIpc) is 3.21. The van der Waals surface area contributed by atoms with E-state index in [0.717, 1.165) is 29.8 Å². The number of pyridine rings is 1. The molecule has 152 valence electrons. The van der Waals surface area contributed by atoms with Crippen LogP contribution in [0.25, 0.3) is 11.3 Å². The van der Waals surface area contributed by atoms with E-state index in [-0.39, 0.29) is 0 Å².